The molecule has 1 atom stereocenters. The summed E-state index contributed by atoms with van der Waals surface area (Å²) in [5, 5.41) is 3.30. The van der Waals surface area contributed by atoms with Crippen LogP contribution < -0.4 is 9.62 Å². The lowest BCUT2D eigenvalue weighted by Crippen LogP contribution is -2.52. The second-order valence-electron chi connectivity index (χ2n) is 9.94. The highest BCUT2D eigenvalue weighted by Gasteiger charge is 2.32. The monoisotopic (exact) mass is 569 g/mol. The fourth-order valence-corrected chi connectivity index (χ4v) is 5.60. The molecule has 208 valence electrons. The van der Waals surface area contributed by atoms with Crippen LogP contribution in [0.25, 0.3) is 0 Å². The van der Waals surface area contributed by atoms with Crippen LogP contribution in [0.5, 0.6) is 0 Å². The van der Waals surface area contributed by atoms with Gasteiger partial charge in [0.1, 0.15) is 12.6 Å². The Kier molecular flexibility index (Phi) is 10.5. The van der Waals surface area contributed by atoms with Crippen LogP contribution in [-0.2, 0) is 26.0 Å². The van der Waals surface area contributed by atoms with E-state index in [9.17, 15) is 18.0 Å². The molecule has 0 aromatic heterocycles. The minimum atomic E-state index is -4.12. The minimum Gasteiger partial charge on any atom is -0.354 e. The standard InChI is InChI=1S/C30H36ClN3O4S/c1-22(2)20-32-30(36)24(4)33(18-17-25-10-6-5-7-11-25)29(35)21-34(27-12-8-9-23(3)19-27)39(37,38)28-15-13-26(31)14-16-28/h5-16,19,22,24H,17-18,20-21H2,1-4H3,(H,32,36)/t24-/m0/s1. The number of anilines is 1. The summed E-state index contributed by atoms with van der Waals surface area (Å²) in [6.45, 7) is 7.77. The molecule has 9 heteroatoms. The number of carbonyl (C=O) groups excluding carboxylic acids is 2. The van der Waals surface area contributed by atoms with Crippen LogP contribution >= 0.6 is 11.6 Å². The molecular weight excluding hydrogens is 534 g/mol. The topological polar surface area (TPSA) is 86.8 Å². The lowest BCUT2D eigenvalue weighted by atomic mass is 10.1. The van der Waals surface area contributed by atoms with Crippen molar-refractivity contribution < 1.29 is 18.0 Å². The molecule has 1 N–H and O–H groups in total. The van der Waals surface area contributed by atoms with Gasteiger partial charge in [-0.15, -0.1) is 0 Å². The number of nitrogens with one attached hydrogen (secondary N) is 1. The maximum atomic E-state index is 13.9. The first-order chi connectivity index (χ1) is 18.5. The van der Waals surface area contributed by atoms with Crippen molar-refractivity contribution in [3.63, 3.8) is 0 Å². The number of rotatable bonds is 12. The summed E-state index contributed by atoms with van der Waals surface area (Å²) in [5.74, 6) is -0.513. The van der Waals surface area contributed by atoms with Gasteiger partial charge in [0.15, 0.2) is 0 Å². The van der Waals surface area contributed by atoms with E-state index in [4.69, 9.17) is 11.6 Å². The maximum Gasteiger partial charge on any atom is 0.264 e. The molecule has 3 rings (SSSR count). The second kappa shape index (κ2) is 13.6. The second-order valence-corrected chi connectivity index (χ2v) is 12.2. The first kappa shape index (κ1) is 30.2. The number of amides is 2. The Morgan fingerprint density at radius 1 is 0.923 bits per heavy atom. The van der Waals surface area contributed by atoms with Gasteiger partial charge >= 0.3 is 0 Å². The molecule has 0 bridgehead atoms. The van der Waals surface area contributed by atoms with Crippen LogP contribution in [0.2, 0.25) is 5.02 Å². The van der Waals surface area contributed by atoms with Crippen LogP contribution in [0.1, 0.15) is 31.9 Å². The van der Waals surface area contributed by atoms with Gasteiger partial charge in [-0.3, -0.25) is 13.9 Å². The number of hydrogen-bond acceptors (Lipinski definition) is 4. The quantitative estimate of drug-likeness (QED) is 0.330. The lowest BCUT2D eigenvalue weighted by molar-refractivity contribution is -0.138. The molecule has 0 saturated carbocycles. The minimum absolute atomic E-state index is 0.0137. The highest BCUT2D eigenvalue weighted by Crippen LogP contribution is 2.26. The molecule has 0 aliphatic rings. The first-order valence-corrected chi connectivity index (χ1v) is 14.8. The molecule has 0 aliphatic carbocycles. The Hall–Kier alpha value is -3.36. The highest BCUT2D eigenvalue weighted by atomic mass is 35.5. The zero-order valence-corrected chi connectivity index (χ0v) is 24.4. The zero-order valence-electron chi connectivity index (χ0n) is 22.8. The van der Waals surface area contributed by atoms with Crippen LogP contribution in [0.15, 0.2) is 83.8 Å². The average molecular weight is 570 g/mol. The van der Waals surface area contributed by atoms with Gasteiger partial charge in [0, 0.05) is 18.1 Å². The number of nitrogens with zero attached hydrogens (tertiary/aromatic N) is 2. The van der Waals surface area contributed by atoms with E-state index in [1.165, 1.54) is 29.2 Å². The fraction of sp³-hybridized carbons (Fsp3) is 0.333. The van der Waals surface area contributed by atoms with Crippen molar-refractivity contribution in [1.82, 2.24) is 10.2 Å². The summed E-state index contributed by atoms with van der Waals surface area (Å²) >= 11 is 5.99. The van der Waals surface area contributed by atoms with E-state index in [-0.39, 0.29) is 23.3 Å². The van der Waals surface area contributed by atoms with Crippen molar-refractivity contribution in [3.05, 3.63) is 95.0 Å². The van der Waals surface area contributed by atoms with E-state index < -0.39 is 28.5 Å². The summed E-state index contributed by atoms with van der Waals surface area (Å²) < 4.78 is 28.7. The lowest BCUT2D eigenvalue weighted by Gasteiger charge is -2.32. The van der Waals surface area contributed by atoms with Crippen molar-refractivity contribution in [2.24, 2.45) is 5.92 Å². The zero-order chi connectivity index (χ0) is 28.6. The van der Waals surface area contributed by atoms with E-state index in [0.29, 0.717) is 23.7 Å². The van der Waals surface area contributed by atoms with Crippen molar-refractivity contribution in [3.8, 4) is 0 Å². The van der Waals surface area contributed by atoms with Crippen molar-refractivity contribution >= 4 is 39.1 Å². The molecular formula is C30H36ClN3O4S. The van der Waals surface area contributed by atoms with Crippen molar-refractivity contribution in [1.29, 1.82) is 0 Å². The van der Waals surface area contributed by atoms with Crippen LogP contribution in [0, 0.1) is 12.8 Å². The van der Waals surface area contributed by atoms with E-state index in [2.05, 4.69) is 5.32 Å². The Morgan fingerprint density at radius 3 is 2.21 bits per heavy atom. The molecule has 39 heavy (non-hydrogen) atoms. The molecule has 0 aliphatic heterocycles. The Labute approximate surface area is 236 Å². The van der Waals surface area contributed by atoms with Gasteiger partial charge in [-0.25, -0.2) is 8.42 Å². The number of aryl methyl sites for hydroxylation is 1. The third-order valence-corrected chi connectivity index (χ3v) is 8.35. The summed E-state index contributed by atoms with van der Waals surface area (Å²) in [6.07, 6.45) is 0.517. The highest BCUT2D eigenvalue weighted by molar-refractivity contribution is 7.92. The van der Waals surface area contributed by atoms with Crippen LogP contribution in [-0.4, -0.2) is 50.8 Å². The Bertz CT molecular complexity index is 1360. The SMILES string of the molecule is Cc1cccc(N(CC(=O)N(CCc2ccccc2)[C@@H](C)C(=O)NCC(C)C)S(=O)(=O)c2ccc(Cl)cc2)c1. The number of carbonyl (C=O) groups is 2. The van der Waals surface area contributed by atoms with Gasteiger partial charge in [-0.2, -0.15) is 0 Å². The Morgan fingerprint density at radius 2 is 1.59 bits per heavy atom. The fourth-order valence-electron chi connectivity index (χ4n) is 4.07. The molecule has 0 radical (unpaired) electrons. The van der Waals surface area contributed by atoms with E-state index >= 15 is 0 Å². The normalized spacial score (nSPS) is 12.2. The molecule has 7 nitrogen and oxygen atoms in total. The average Bonchev–Trinajstić information content (AvgIpc) is 2.91. The molecule has 0 spiro atoms. The Balaban J connectivity index is 1.96. The summed E-state index contributed by atoms with van der Waals surface area (Å²) in [7, 11) is -4.12. The smallest absolute Gasteiger partial charge is 0.264 e. The van der Waals surface area contributed by atoms with Crippen molar-refractivity contribution in [2.45, 2.75) is 45.1 Å². The van der Waals surface area contributed by atoms with E-state index in [1.54, 1.807) is 25.1 Å². The van der Waals surface area contributed by atoms with Gasteiger partial charge in [0.05, 0.1) is 10.6 Å². The summed E-state index contributed by atoms with van der Waals surface area (Å²) in [4.78, 5) is 28.3. The van der Waals surface area contributed by atoms with Gasteiger partial charge in [0.25, 0.3) is 10.0 Å². The molecule has 0 saturated heterocycles. The number of sulfonamides is 1. The number of benzene rings is 3. The summed E-state index contributed by atoms with van der Waals surface area (Å²) in [5.41, 5.74) is 2.21. The van der Waals surface area contributed by atoms with E-state index in [0.717, 1.165) is 15.4 Å². The first-order valence-electron chi connectivity index (χ1n) is 12.9. The maximum absolute atomic E-state index is 13.9. The predicted molar refractivity (Wildman–Crippen MR) is 156 cm³/mol. The van der Waals surface area contributed by atoms with E-state index in [1.807, 2.05) is 57.2 Å². The summed E-state index contributed by atoms with van der Waals surface area (Å²) in [6, 6.07) is 21.7. The number of halogens is 1. The van der Waals surface area contributed by atoms with Gasteiger partial charge in [-0.05, 0) is 73.7 Å². The molecule has 3 aromatic carbocycles. The van der Waals surface area contributed by atoms with Crippen LogP contribution in [0.4, 0.5) is 5.69 Å². The van der Waals surface area contributed by atoms with Gasteiger partial charge in [0.2, 0.25) is 11.8 Å². The molecule has 0 fully saturated rings. The van der Waals surface area contributed by atoms with Gasteiger partial charge in [-0.1, -0.05) is 67.9 Å². The van der Waals surface area contributed by atoms with Crippen molar-refractivity contribution in [2.75, 3.05) is 23.9 Å². The van der Waals surface area contributed by atoms with Gasteiger partial charge < -0.3 is 10.2 Å². The van der Waals surface area contributed by atoms with Crippen LogP contribution in [0.3, 0.4) is 0 Å². The molecule has 2 amide bonds. The third kappa shape index (κ3) is 8.31. The molecule has 0 unspecified atom stereocenters. The third-order valence-electron chi connectivity index (χ3n) is 6.31. The molecule has 3 aromatic rings. The number of hydrogen-bond donors (Lipinski definition) is 1. The predicted octanol–water partition coefficient (Wildman–Crippen LogP) is 5.08. The molecule has 0 heterocycles. The largest absolute Gasteiger partial charge is 0.354 e.